The molecule has 4 heteroatoms. The number of hydrogen-bond donors (Lipinski definition) is 1. The molecule has 0 aromatic heterocycles. The van der Waals surface area contributed by atoms with Crippen molar-refractivity contribution in [3.05, 3.63) is 71.8 Å². The van der Waals surface area contributed by atoms with Crippen LogP contribution < -0.4 is 4.74 Å². The van der Waals surface area contributed by atoms with Gasteiger partial charge in [0.1, 0.15) is 12.4 Å². The molecule has 0 saturated heterocycles. The summed E-state index contributed by atoms with van der Waals surface area (Å²) in [6.07, 6.45) is 5.12. The Morgan fingerprint density at radius 1 is 0.963 bits per heavy atom. The fraction of sp³-hybridized carbons (Fsp3) is 0.391. The molecule has 0 aliphatic rings. The molecule has 2 aromatic carbocycles. The van der Waals surface area contributed by atoms with Crippen molar-refractivity contribution >= 4 is 6.08 Å². The Labute approximate surface area is 163 Å². The van der Waals surface area contributed by atoms with Gasteiger partial charge in [-0.3, -0.25) is 4.90 Å². The van der Waals surface area contributed by atoms with Gasteiger partial charge in [0.05, 0.1) is 0 Å². The van der Waals surface area contributed by atoms with Crippen LogP contribution in [-0.2, 0) is 6.54 Å². The third kappa shape index (κ3) is 8.87. The SMILES string of the molecule is CN(C)CCOc1ccc(CN(C/C=C/c2ccccc2)CCCO)cc1. The van der Waals surface area contributed by atoms with Gasteiger partial charge in [0.2, 0.25) is 0 Å². The molecule has 0 unspecified atom stereocenters. The number of aliphatic hydroxyl groups is 1. The molecule has 0 spiro atoms. The summed E-state index contributed by atoms with van der Waals surface area (Å²) in [7, 11) is 4.08. The highest BCUT2D eigenvalue weighted by molar-refractivity contribution is 5.48. The summed E-state index contributed by atoms with van der Waals surface area (Å²) in [5.41, 5.74) is 2.46. The zero-order valence-corrected chi connectivity index (χ0v) is 16.6. The monoisotopic (exact) mass is 368 g/mol. The molecule has 0 atom stereocenters. The van der Waals surface area contributed by atoms with Crippen molar-refractivity contribution in [2.24, 2.45) is 0 Å². The average Bonchev–Trinajstić information content (AvgIpc) is 2.68. The molecule has 0 heterocycles. The maximum atomic E-state index is 9.18. The Hall–Kier alpha value is -2.14. The topological polar surface area (TPSA) is 35.9 Å². The van der Waals surface area contributed by atoms with Crippen molar-refractivity contribution in [3.63, 3.8) is 0 Å². The first-order chi connectivity index (χ1) is 13.2. The molecule has 2 rings (SSSR count). The van der Waals surface area contributed by atoms with Crippen molar-refractivity contribution in [1.29, 1.82) is 0 Å². The summed E-state index contributed by atoms with van der Waals surface area (Å²) in [5, 5.41) is 9.18. The number of aliphatic hydroxyl groups excluding tert-OH is 1. The lowest BCUT2D eigenvalue weighted by atomic mass is 10.2. The van der Waals surface area contributed by atoms with Gasteiger partial charge in [0, 0.05) is 32.8 Å². The van der Waals surface area contributed by atoms with Crippen LogP contribution in [0.25, 0.3) is 6.08 Å². The Morgan fingerprint density at radius 2 is 1.70 bits per heavy atom. The highest BCUT2D eigenvalue weighted by Gasteiger charge is 2.05. The molecule has 0 amide bonds. The maximum absolute atomic E-state index is 9.18. The molecule has 27 heavy (non-hydrogen) atoms. The standard InChI is InChI=1S/C23H32N2O2/c1-24(2)17-19-27-23-13-11-22(12-14-23)20-25(16-7-18-26)15-6-10-21-8-4-3-5-9-21/h3-6,8-14,26H,7,15-20H2,1-2H3/b10-6+. The first-order valence-corrected chi connectivity index (χ1v) is 9.58. The van der Waals surface area contributed by atoms with Gasteiger partial charge in [-0.1, -0.05) is 54.6 Å². The van der Waals surface area contributed by atoms with Gasteiger partial charge in [-0.05, 0) is 43.8 Å². The number of likely N-dealkylation sites (N-methyl/N-ethyl adjacent to an activating group) is 1. The van der Waals surface area contributed by atoms with Crippen LogP contribution in [0.5, 0.6) is 5.75 Å². The van der Waals surface area contributed by atoms with Crippen LogP contribution in [0.4, 0.5) is 0 Å². The van der Waals surface area contributed by atoms with Crippen LogP contribution >= 0.6 is 0 Å². The molecule has 1 N–H and O–H groups in total. The van der Waals surface area contributed by atoms with Crippen LogP contribution in [-0.4, -0.2) is 61.8 Å². The third-order valence-electron chi connectivity index (χ3n) is 4.24. The maximum Gasteiger partial charge on any atom is 0.119 e. The van der Waals surface area contributed by atoms with Crippen molar-refractivity contribution in [2.45, 2.75) is 13.0 Å². The first-order valence-electron chi connectivity index (χ1n) is 9.58. The van der Waals surface area contributed by atoms with Gasteiger partial charge in [0.15, 0.2) is 0 Å². The van der Waals surface area contributed by atoms with Gasteiger partial charge >= 0.3 is 0 Å². The summed E-state index contributed by atoms with van der Waals surface area (Å²) in [5.74, 6) is 0.909. The van der Waals surface area contributed by atoms with Gasteiger partial charge in [-0.15, -0.1) is 0 Å². The summed E-state index contributed by atoms with van der Waals surface area (Å²) in [4.78, 5) is 4.45. The molecule has 0 radical (unpaired) electrons. The Morgan fingerprint density at radius 3 is 2.37 bits per heavy atom. The van der Waals surface area contributed by atoms with Crippen molar-refractivity contribution < 1.29 is 9.84 Å². The second-order valence-corrected chi connectivity index (χ2v) is 6.92. The van der Waals surface area contributed by atoms with Crippen molar-refractivity contribution in [3.8, 4) is 5.75 Å². The quantitative estimate of drug-likeness (QED) is 0.622. The van der Waals surface area contributed by atoms with Crippen LogP contribution in [0.2, 0.25) is 0 Å². The van der Waals surface area contributed by atoms with Gasteiger partial charge < -0.3 is 14.7 Å². The van der Waals surface area contributed by atoms with E-state index in [2.05, 4.69) is 46.2 Å². The zero-order valence-electron chi connectivity index (χ0n) is 16.6. The number of benzene rings is 2. The van der Waals surface area contributed by atoms with E-state index < -0.39 is 0 Å². The zero-order chi connectivity index (χ0) is 19.3. The highest BCUT2D eigenvalue weighted by atomic mass is 16.5. The number of hydrogen-bond acceptors (Lipinski definition) is 4. The molecule has 0 saturated carbocycles. The van der Waals surface area contributed by atoms with Gasteiger partial charge in [-0.2, -0.15) is 0 Å². The van der Waals surface area contributed by atoms with Gasteiger partial charge in [-0.25, -0.2) is 0 Å². The molecule has 4 nitrogen and oxygen atoms in total. The minimum absolute atomic E-state index is 0.220. The number of nitrogens with zero attached hydrogens (tertiary/aromatic N) is 2. The third-order valence-corrected chi connectivity index (χ3v) is 4.24. The minimum Gasteiger partial charge on any atom is -0.492 e. The Balaban J connectivity index is 1.87. The Kier molecular flexibility index (Phi) is 9.63. The molecule has 0 aliphatic heterocycles. The lowest BCUT2D eigenvalue weighted by Gasteiger charge is -2.20. The van der Waals surface area contributed by atoms with E-state index in [4.69, 9.17) is 4.74 Å². The molecule has 0 bridgehead atoms. The molecule has 146 valence electrons. The normalized spacial score (nSPS) is 11.6. The fourth-order valence-corrected chi connectivity index (χ4v) is 2.73. The molecule has 0 aliphatic carbocycles. The van der Waals surface area contributed by atoms with Crippen LogP contribution in [0.3, 0.4) is 0 Å². The smallest absolute Gasteiger partial charge is 0.119 e. The minimum atomic E-state index is 0.220. The molecular formula is C23H32N2O2. The highest BCUT2D eigenvalue weighted by Crippen LogP contribution is 2.14. The summed E-state index contributed by atoms with van der Waals surface area (Å²) >= 11 is 0. The Bertz CT molecular complexity index is 654. The predicted molar refractivity (Wildman–Crippen MR) is 113 cm³/mol. The van der Waals surface area contributed by atoms with E-state index in [1.165, 1.54) is 11.1 Å². The average molecular weight is 369 g/mol. The van der Waals surface area contributed by atoms with E-state index in [1.807, 2.05) is 44.4 Å². The first kappa shape index (κ1) is 21.2. The van der Waals surface area contributed by atoms with Crippen molar-refractivity contribution in [2.75, 3.05) is 46.9 Å². The largest absolute Gasteiger partial charge is 0.492 e. The van der Waals surface area contributed by atoms with Gasteiger partial charge in [0.25, 0.3) is 0 Å². The summed E-state index contributed by atoms with van der Waals surface area (Å²) < 4.78 is 5.76. The van der Waals surface area contributed by atoms with E-state index in [0.717, 1.165) is 38.3 Å². The van der Waals surface area contributed by atoms with E-state index in [0.29, 0.717) is 6.61 Å². The molecule has 2 aromatic rings. The fourth-order valence-electron chi connectivity index (χ4n) is 2.73. The lowest BCUT2D eigenvalue weighted by molar-refractivity contribution is 0.232. The molecular weight excluding hydrogens is 336 g/mol. The summed E-state index contributed by atoms with van der Waals surface area (Å²) in [6, 6.07) is 18.6. The number of rotatable bonds is 12. The number of ether oxygens (including phenoxy) is 1. The van der Waals surface area contributed by atoms with E-state index in [9.17, 15) is 5.11 Å². The van der Waals surface area contributed by atoms with E-state index in [-0.39, 0.29) is 6.61 Å². The van der Waals surface area contributed by atoms with Crippen LogP contribution in [0.15, 0.2) is 60.7 Å². The van der Waals surface area contributed by atoms with E-state index >= 15 is 0 Å². The van der Waals surface area contributed by atoms with Crippen LogP contribution in [0, 0.1) is 0 Å². The molecule has 0 fully saturated rings. The lowest BCUT2D eigenvalue weighted by Crippen LogP contribution is -2.25. The van der Waals surface area contributed by atoms with E-state index in [1.54, 1.807) is 0 Å². The second kappa shape index (κ2) is 12.3. The summed E-state index contributed by atoms with van der Waals surface area (Å²) in [6.45, 7) is 4.41. The second-order valence-electron chi connectivity index (χ2n) is 6.92. The van der Waals surface area contributed by atoms with Crippen molar-refractivity contribution in [1.82, 2.24) is 9.80 Å². The van der Waals surface area contributed by atoms with Crippen LogP contribution in [0.1, 0.15) is 17.5 Å². The predicted octanol–water partition coefficient (Wildman–Crippen LogP) is 3.52.